The number of phenolic OH excluding ortho intramolecular Hbond substituents is 11. The molecule has 2 heterocycles. The first-order valence-electron chi connectivity index (χ1n) is 15.8. The average molecular weight is 731 g/mol. The number of aromatic hydroxyl groups is 11. The molecular weight excluding hydrogens is 700 g/mol. The maximum atomic E-state index is 13.3. The Morgan fingerprint density at radius 3 is 1.72 bits per heavy atom. The number of aliphatic hydroxyl groups is 1. The van der Waals surface area contributed by atoms with Gasteiger partial charge in [0.2, 0.25) is 0 Å². The van der Waals surface area contributed by atoms with E-state index >= 15 is 0 Å². The SMILES string of the molecule is O=C(O[C@@H]1Cc2c(O)cc(O)c([C@H]3c4c(O)cc(O)cc4O[C@H](c4cc(O)c(O)c(O)c4)[C@@H]3O)c2O[C@@H]1c1cc(O)c(O)c(O)c1)c1ccc(O)cc1. The fraction of sp³-hybridized carbons (Fsp3) is 0.162. The smallest absolute Gasteiger partial charge is 0.338 e. The molecule has 2 aliphatic rings. The van der Waals surface area contributed by atoms with Crippen LogP contribution in [-0.2, 0) is 11.2 Å². The van der Waals surface area contributed by atoms with Crippen LogP contribution in [0.5, 0.6) is 74.7 Å². The molecule has 5 aromatic rings. The molecule has 5 aromatic carbocycles. The molecule has 5 atom stereocenters. The number of aliphatic hydroxyl groups excluding tert-OH is 1. The van der Waals surface area contributed by atoms with Crippen molar-refractivity contribution < 1.29 is 80.3 Å². The summed E-state index contributed by atoms with van der Waals surface area (Å²) >= 11 is 0. The fourth-order valence-corrected chi connectivity index (χ4v) is 6.74. The largest absolute Gasteiger partial charge is 0.508 e. The first-order valence-corrected chi connectivity index (χ1v) is 15.8. The van der Waals surface area contributed by atoms with Crippen molar-refractivity contribution in [3.8, 4) is 74.7 Å². The van der Waals surface area contributed by atoms with Crippen LogP contribution in [0.1, 0.15) is 56.3 Å². The monoisotopic (exact) mass is 730 g/mol. The summed E-state index contributed by atoms with van der Waals surface area (Å²) in [6.07, 6.45) is -6.52. The number of carbonyl (C=O) groups is 1. The van der Waals surface area contributed by atoms with Crippen molar-refractivity contribution in [2.45, 2.75) is 36.8 Å². The minimum absolute atomic E-state index is 0.0115. The molecule has 0 unspecified atom stereocenters. The molecule has 0 aliphatic carbocycles. The van der Waals surface area contributed by atoms with Gasteiger partial charge in [0.25, 0.3) is 0 Å². The molecule has 0 radical (unpaired) electrons. The Bertz CT molecular complexity index is 2240. The summed E-state index contributed by atoms with van der Waals surface area (Å²) in [6.45, 7) is 0. The van der Waals surface area contributed by atoms with Gasteiger partial charge in [-0.05, 0) is 48.5 Å². The van der Waals surface area contributed by atoms with Crippen LogP contribution in [0.3, 0.4) is 0 Å². The topological polar surface area (TPSA) is 288 Å². The highest BCUT2D eigenvalue weighted by Crippen LogP contribution is 2.58. The molecule has 0 bridgehead atoms. The predicted octanol–water partition coefficient (Wildman–Crippen LogP) is 3.98. The first kappa shape index (κ1) is 34.4. The van der Waals surface area contributed by atoms with Crippen molar-refractivity contribution in [1.29, 1.82) is 0 Å². The summed E-state index contributed by atoms with van der Waals surface area (Å²) in [5.74, 6) is -10.3. The van der Waals surface area contributed by atoms with Gasteiger partial charge in [0, 0.05) is 52.4 Å². The summed E-state index contributed by atoms with van der Waals surface area (Å²) in [7, 11) is 0. The Balaban J connectivity index is 1.41. The molecule has 0 aromatic heterocycles. The van der Waals surface area contributed by atoms with E-state index in [1.807, 2.05) is 0 Å². The normalized spacial score (nSPS) is 20.4. The lowest BCUT2D eigenvalue weighted by molar-refractivity contribution is -0.0210. The molecule has 0 fully saturated rings. The molecule has 0 saturated heterocycles. The predicted molar refractivity (Wildman–Crippen MR) is 178 cm³/mol. The van der Waals surface area contributed by atoms with Crippen LogP contribution in [0.25, 0.3) is 0 Å². The van der Waals surface area contributed by atoms with Gasteiger partial charge in [-0.25, -0.2) is 4.79 Å². The number of ether oxygens (including phenoxy) is 3. The zero-order valence-corrected chi connectivity index (χ0v) is 26.9. The maximum Gasteiger partial charge on any atom is 0.338 e. The summed E-state index contributed by atoms with van der Waals surface area (Å²) in [4.78, 5) is 13.3. The van der Waals surface area contributed by atoms with Gasteiger partial charge in [0.15, 0.2) is 46.7 Å². The number of rotatable bonds is 5. The molecule has 0 amide bonds. The number of fused-ring (bicyclic) bond motifs is 2. The minimum Gasteiger partial charge on any atom is -0.508 e. The Morgan fingerprint density at radius 1 is 0.585 bits per heavy atom. The van der Waals surface area contributed by atoms with E-state index in [-0.39, 0.29) is 57.1 Å². The third-order valence-corrected chi connectivity index (χ3v) is 9.20. The van der Waals surface area contributed by atoms with Gasteiger partial charge in [-0.15, -0.1) is 0 Å². The Labute approximate surface area is 297 Å². The van der Waals surface area contributed by atoms with Crippen molar-refractivity contribution in [3.63, 3.8) is 0 Å². The van der Waals surface area contributed by atoms with Crippen LogP contribution in [0, 0.1) is 0 Å². The van der Waals surface area contributed by atoms with Gasteiger partial charge in [-0.2, -0.15) is 0 Å². The Hall–Kier alpha value is -7.07. The van der Waals surface area contributed by atoms with E-state index in [2.05, 4.69) is 0 Å². The Morgan fingerprint density at radius 2 is 1.13 bits per heavy atom. The number of benzene rings is 5. The van der Waals surface area contributed by atoms with Crippen molar-refractivity contribution in [2.24, 2.45) is 0 Å². The lowest BCUT2D eigenvalue weighted by Gasteiger charge is -2.40. The third-order valence-electron chi connectivity index (χ3n) is 9.20. The lowest BCUT2D eigenvalue weighted by atomic mass is 9.77. The van der Waals surface area contributed by atoms with E-state index in [1.54, 1.807) is 0 Å². The highest BCUT2D eigenvalue weighted by Gasteiger charge is 2.47. The van der Waals surface area contributed by atoms with Gasteiger partial charge < -0.3 is 75.5 Å². The second-order valence-corrected chi connectivity index (χ2v) is 12.6. The molecule has 0 spiro atoms. The van der Waals surface area contributed by atoms with Gasteiger partial charge in [0.1, 0.15) is 52.5 Å². The van der Waals surface area contributed by atoms with Crippen molar-refractivity contribution >= 4 is 5.97 Å². The standard InChI is InChI=1S/C37H30O16/c38-16-3-1-13(2-4-16)37(50)52-27-11-18-19(40)12-21(42)29(36(18)53-34(27)14-5-22(43)31(47)23(44)6-14)30-28-20(41)9-17(39)10-26(28)51-35(33(30)49)15-7-24(45)32(48)25(46)8-15/h1-10,12,27,30,33-35,38-49H,11H2/t27-,30-,33-,34-,35-/m1/s1. The minimum atomic E-state index is -1.82. The molecule has 274 valence electrons. The van der Waals surface area contributed by atoms with E-state index in [0.717, 1.165) is 42.5 Å². The van der Waals surface area contributed by atoms with Gasteiger partial charge in [0.05, 0.1) is 11.5 Å². The van der Waals surface area contributed by atoms with Crippen LogP contribution in [0.15, 0.2) is 66.7 Å². The van der Waals surface area contributed by atoms with Crippen LogP contribution in [0.2, 0.25) is 0 Å². The van der Waals surface area contributed by atoms with E-state index in [1.165, 1.54) is 24.3 Å². The van der Waals surface area contributed by atoms with Crippen LogP contribution in [-0.4, -0.2) is 79.5 Å². The zero-order chi connectivity index (χ0) is 38.0. The summed E-state index contributed by atoms with van der Waals surface area (Å²) in [5, 5.41) is 127. The number of hydrogen-bond donors (Lipinski definition) is 12. The quantitative estimate of drug-likeness (QED) is 0.0899. The van der Waals surface area contributed by atoms with Crippen molar-refractivity contribution in [1.82, 2.24) is 0 Å². The first-order chi connectivity index (χ1) is 25.1. The molecule has 12 N–H and O–H groups in total. The van der Waals surface area contributed by atoms with Gasteiger partial charge in [-0.3, -0.25) is 0 Å². The molecule has 7 rings (SSSR count). The summed E-state index contributed by atoms with van der Waals surface area (Å²) in [6, 6.07) is 12.0. The van der Waals surface area contributed by atoms with Crippen molar-refractivity contribution in [3.05, 3.63) is 100 Å². The van der Waals surface area contributed by atoms with Crippen molar-refractivity contribution in [2.75, 3.05) is 0 Å². The van der Waals surface area contributed by atoms with Gasteiger partial charge in [-0.1, -0.05) is 0 Å². The van der Waals surface area contributed by atoms with E-state index in [4.69, 9.17) is 14.2 Å². The fourth-order valence-electron chi connectivity index (χ4n) is 6.74. The van der Waals surface area contributed by atoms with E-state index < -0.39 is 93.8 Å². The maximum absolute atomic E-state index is 13.3. The molecule has 0 saturated carbocycles. The number of phenols is 11. The molecule has 16 heteroatoms. The molecular formula is C37H30O16. The van der Waals surface area contributed by atoms with Crippen LogP contribution >= 0.6 is 0 Å². The van der Waals surface area contributed by atoms with E-state index in [0.29, 0.717) is 0 Å². The lowest BCUT2D eigenvalue weighted by Crippen LogP contribution is -2.38. The number of carbonyl (C=O) groups excluding carboxylic acids is 1. The molecule has 2 aliphatic heterocycles. The molecule has 16 nitrogen and oxygen atoms in total. The van der Waals surface area contributed by atoms with Crippen LogP contribution in [0.4, 0.5) is 0 Å². The second kappa shape index (κ2) is 12.6. The summed E-state index contributed by atoms with van der Waals surface area (Å²) < 4.78 is 18.1. The second-order valence-electron chi connectivity index (χ2n) is 12.6. The van der Waals surface area contributed by atoms with E-state index in [9.17, 15) is 66.1 Å². The molecule has 53 heavy (non-hydrogen) atoms. The average Bonchev–Trinajstić information content (AvgIpc) is 3.10. The highest BCUT2D eigenvalue weighted by atomic mass is 16.6. The van der Waals surface area contributed by atoms with Crippen LogP contribution < -0.4 is 9.47 Å². The zero-order valence-electron chi connectivity index (χ0n) is 26.9. The third kappa shape index (κ3) is 5.85. The number of hydrogen-bond acceptors (Lipinski definition) is 16. The highest BCUT2D eigenvalue weighted by molar-refractivity contribution is 5.89. The number of esters is 1. The van der Waals surface area contributed by atoms with Gasteiger partial charge >= 0.3 is 5.97 Å². The Kier molecular flexibility index (Phi) is 8.18. The summed E-state index contributed by atoms with van der Waals surface area (Å²) in [5.41, 5.74) is -0.658.